The Kier molecular flexibility index (Phi) is 13.0. The normalized spacial score (nSPS) is 31.8. The van der Waals surface area contributed by atoms with Gasteiger partial charge in [0.2, 0.25) is 11.7 Å². The summed E-state index contributed by atoms with van der Waals surface area (Å²) < 4.78 is 0. The highest BCUT2D eigenvalue weighted by Crippen LogP contribution is 2.21. The number of aliphatic hydroxyl groups is 11. The van der Waals surface area contributed by atoms with Crippen molar-refractivity contribution >= 4 is 17.7 Å². The minimum absolute atomic E-state index is 0.730. The molecule has 13 N–H and O–H groups in total. The van der Waals surface area contributed by atoms with Gasteiger partial charge in [-0.3, -0.25) is 9.59 Å². The Bertz CT molecular complexity index is 589. The standard InChI is InChI=1S/C11H19NO9.C6H12O6/c1-4(14)12-8(5(15)2-6(16)11(20)21)10(19)9(18)7(17)3-13;7-1-2(8)4(10)6(12)5(11)3(1)9/h5,7-10,13,15,17-19H,2-3H2,1H3,(H,12,14)(H,20,21);1-12H/t5-,7+,8+,9+,10+;/m0./s1. The molecule has 1 aliphatic rings. The second kappa shape index (κ2) is 13.8. The first-order chi connectivity index (χ1) is 15.1. The lowest BCUT2D eigenvalue weighted by atomic mass is 9.85. The number of rotatable bonds is 9. The number of ketones is 1. The van der Waals surface area contributed by atoms with Gasteiger partial charge in [-0.2, -0.15) is 0 Å². The Morgan fingerprint density at radius 2 is 1.09 bits per heavy atom. The lowest BCUT2D eigenvalue weighted by Gasteiger charge is -2.39. The highest BCUT2D eigenvalue weighted by molar-refractivity contribution is 6.32. The van der Waals surface area contributed by atoms with Crippen molar-refractivity contribution in [3.05, 3.63) is 0 Å². The summed E-state index contributed by atoms with van der Waals surface area (Å²) in [5.41, 5.74) is 0. The Hall–Kier alpha value is -1.83. The van der Waals surface area contributed by atoms with Crippen molar-refractivity contribution in [1.82, 2.24) is 5.32 Å². The zero-order chi connectivity index (χ0) is 26.2. The van der Waals surface area contributed by atoms with Crippen molar-refractivity contribution in [3.8, 4) is 0 Å². The van der Waals surface area contributed by atoms with Gasteiger partial charge in [-0.15, -0.1) is 0 Å². The molecule has 16 heteroatoms. The second-order valence-electron chi connectivity index (χ2n) is 7.40. The van der Waals surface area contributed by atoms with Gasteiger partial charge in [0, 0.05) is 13.3 Å². The molecule has 1 fully saturated rings. The molecular weight excluding hydrogens is 458 g/mol. The molecule has 1 amide bonds. The van der Waals surface area contributed by atoms with E-state index in [0.717, 1.165) is 6.92 Å². The quantitative estimate of drug-likeness (QED) is 0.134. The van der Waals surface area contributed by atoms with Gasteiger partial charge < -0.3 is 66.6 Å². The highest BCUT2D eigenvalue weighted by Gasteiger charge is 2.47. The molecule has 0 aliphatic heterocycles. The first-order valence-electron chi connectivity index (χ1n) is 9.53. The van der Waals surface area contributed by atoms with Crippen LogP contribution in [0.3, 0.4) is 0 Å². The minimum Gasteiger partial charge on any atom is -0.475 e. The molecule has 0 aromatic heterocycles. The first kappa shape index (κ1) is 31.2. The molecule has 0 aromatic rings. The molecule has 194 valence electrons. The molecule has 0 bridgehead atoms. The number of Topliss-reactive ketones (excluding diaryl/α,β-unsaturated/α-hetero) is 1. The number of aliphatic hydroxyl groups excluding tert-OH is 11. The molecule has 1 rings (SSSR count). The van der Waals surface area contributed by atoms with Crippen LogP contribution in [-0.4, -0.2) is 153 Å². The molecule has 0 radical (unpaired) electrons. The number of hydrogen-bond donors (Lipinski definition) is 13. The average molecular weight is 489 g/mol. The molecule has 5 atom stereocenters. The van der Waals surface area contributed by atoms with Crippen molar-refractivity contribution in [2.45, 2.75) is 80.4 Å². The van der Waals surface area contributed by atoms with Gasteiger partial charge in [-0.25, -0.2) is 4.79 Å². The van der Waals surface area contributed by atoms with Gasteiger partial charge in [0.1, 0.15) is 54.9 Å². The van der Waals surface area contributed by atoms with Crippen molar-refractivity contribution in [3.63, 3.8) is 0 Å². The van der Waals surface area contributed by atoms with E-state index < -0.39 is 97.8 Å². The van der Waals surface area contributed by atoms with Crippen LogP contribution in [-0.2, 0) is 14.4 Å². The fraction of sp³-hybridized carbons (Fsp3) is 0.824. The molecule has 0 aromatic carbocycles. The average Bonchev–Trinajstić information content (AvgIpc) is 2.77. The predicted octanol–water partition coefficient (Wildman–Crippen LogP) is -7.86. The number of carboxylic acids is 1. The van der Waals surface area contributed by atoms with E-state index in [9.17, 15) is 34.8 Å². The van der Waals surface area contributed by atoms with E-state index in [4.69, 9.17) is 40.9 Å². The van der Waals surface area contributed by atoms with E-state index in [1.165, 1.54) is 0 Å². The summed E-state index contributed by atoms with van der Waals surface area (Å²) in [7, 11) is 0. The first-order valence-corrected chi connectivity index (χ1v) is 9.53. The van der Waals surface area contributed by atoms with Crippen molar-refractivity contribution in [2.75, 3.05) is 6.61 Å². The number of carboxylic acid groups (broad SMARTS) is 1. The number of aliphatic carboxylic acids is 1. The predicted molar refractivity (Wildman–Crippen MR) is 102 cm³/mol. The summed E-state index contributed by atoms with van der Waals surface area (Å²) >= 11 is 0. The maximum Gasteiger partial charge on any atom is 0.372 e. The molecule has 0 spiro atoms. The number of hydrogen-bond acceptors (Lipinski definition) is 14. The summed E-state index contributed by atoms with van der Waals surface area (Å²) in [6.45, 7) is 0.134. The monoisotopic (exact) mass is 489 g/mol. The Morgan fingerprint density at radius 3 is 1.36 bits per heavy atom. The van der Waals surface area contributed by atoms with E-state index in [0.29, 0.717) is 0 Å². The fourth-order valence-corrected chi connectivity index (χ4v) is 2.81. The van der Waals surface area contributed by atoms with Crippen LogP contribution in [0.2, 0.25) is 0 Å². The maximum absolute atomic E-state index is 11.0. The number of carbonyl (C=O) groups is 3. The van der Waals surface area contributed by atoms with E-state index in [-0.39, 0.29) is 0 Å². The Labute approximate surface area is 186 Å². The third-order valence-corrected chi connectivity index (χ3v) is 4.82. The minimum atomic E-state index is -1.94. The summed E-state index contributed by atoms with van der Waals surface area (Å²) in [6.07, 6.45) is -18.2. The number of amides is 1. The highest BCUT2D eigenvalue weighted by atomic mass is 16.4. The molecule has 16 nitrogen and oxygen atoms in total. The van der Waals surface area contributed by atoms with Crippen LogP contribution in [0.5, 0.6) is 0 Å². The lowest BCUT2D eigenvalue weighted by Crippen LogP contribution is -2.63. The second-order valence-corrected chi connectivity index (χ2v) is 7.40. The number of nitrogens with one attached hydrogen (secondary N) is 1. The van der Waals surface area contributed by atoms with Gasteiger partial charge >= 0.3 is 5.97 Å². The molecule has 33 heavy (non-hydrogen) atoms. The van der Waals surface area contributed by atoms with Crippen LogP contribution in [0, 0.1) is 0 Å². The maximum atomic E-state index is 11.0. The molecule has 0 unspecified atom stereocenters. The summed E-state index contributed by atoms with van der Waals surface area (Å²) in [5.74, 6) is -3.89. The third kappa shape index (κ3) is 8.80. The third-order valence-electron chi connectivity index (χ3n) is 4.82. The summed E-state index contributed by atoms with van der Waals surface area (Å²) in [4.78, 5) is 32.4. The van der Waals surface area contributed by atoms with Gasteiger partial charge in [0.05, 0.1) is 18.8 Å². The molecular formula is C17H31NO15. The van der Waals surface area contributed by atoms with Gasteiger partial charge in [0.25, 0.3) is 0 Å². The molecule has 0 saturated heterocycles. The van der Waals surface area contributed by atoms with Crippen LogP contribution in [0.25, 0.3) is 0 Å². The Morgan fingerprint density at radius 1 is 0.727 bits per heavy atom. The van der Waals surface area contributed by atoms with Crippen LogP contribution in [0.15, 0.2) is 0 Å². The van der Waals surface area contributed by atoms with Crippen molar-refractivity contribution in [1.29, 1.82) is 0 Å². The van der Waals surface area contributed by atoms with E-state index in [1.807, 2.05) is 5.32 Å². The van der Waals surface area contributed by atoms with Crippen molar-refractivity contribution < 1.29 is 75.7 Å². The van der Waals surface area contributed by atoms with Gasteiger partial charge in [-0.1, -0.05) is 0 Å². The number of carbonyl (C=O) groups excluding carboxylic acids is 2. The van der Waals surface area contributed by atoms with Crippen LogP contribution in [0.1, 0.15) is 13.3 Å². The van der Waals surface area contributed by atoms with Gasteiger partial charge in [0.15, 0.2) is 0 Å². The van der Waals surface area contributed by atoms with Gasteiger partial charge in [-0.05, 0) is 0 Å². The molecule has 1 saturated carbocycles. The van der Waals surface area contributed by atoms with E-state index in [2.05, 4.69) is 0 Å². The molecule has 1 aliphatic carbocycles. The van der Waals surface area contributed by atoms with Crippen molar-refractivity contribution in [2.24, 2.45) is 0 Å². The van der Waals surface area contributed by atoms with Crippen LogP contribution >= 0.6 is 0 Å². The SMILES string of the molecule is CC(=O)N[C@@H]([C@@H](O)[C@H](O)[C@H](O)CO)[C@@H](O)CC(=O)C(=O)O.OC1C(O)C(O)C(O)C(O)C1O. The van der Waals surface area contributed by atoms with Crippen LogP contribution in [0.4, 0.5) is 0 Å². The zero-order valence-electron chi connectivity index (χ0n) is 17.4. The van der Waals surface area contributed by atoms with E-state index >= 15 is 0 Å². The summed E-state index contributed by atoms with van der Waals surface area (Å²) in [5, 5.41) is 111. The lowest BCUT2D eigenvalue weighted by molar-refractivity contribution is -0.223. The Balaban J connectivity index is 0.000000716. The topological polar surface area (TPSA) is 306 Å². The van der Waals surface area contributed by atoms with Crippen LogP contribution < -0.4 is 5.32 Å². The zero-order valence-corrected chi connectivity index (χ0v) is 17.4. The smallest absolute Gasteiger partial charge is 0.372 e. The largest absolute Gasteiger partial charge is 0.475 e. The fourth-order valence-electron chi connectivity index (χ4n) is 2.81. The molecule has 0 heterocycles. The van der Waals surface area contributed by atoms with E-state index in [1.54, 1.807) is 0 Å². The summed E-state index contributed by atoms with van der Waals surface area (Å²) in [6, 6.07) is -1.61.